The first kappa shape index (κ1) is 25.8. The molecule has 30 heavy (non-hydrogen) atoms. The van der Waals surface area contributed by atoms with E-state index in [2.05, 4.69) is 50.3 Å². The Hall–Kier alpha value is -0.463. The SMILES string of the molecule is CCCCCC(OP)c1ccc(N2C(CO[Si](C)(C)C(C)(C)C)CCS2(=O)=O)cc1. The molecule has 1 aliphatic heterocycles. The van der Waals surface area contributed by atoms with Crippen molar-refractivity contribution in [3.8, 4) is 0 Å². The normalized spacial score (nSPS) is 20.5. The van der Waals surface area contributed by atoms with Crippen LogP contribution in [0.5, 0.6) is 0 Å². The van der Waals surface area contributed by atoms with Crippen molar-refractivity contribution in [1.82, 2.24) is 0 Å². The second kappa shape index (κ2) is 10.4. The lowest BCUT2D eigenvalue weighted by Crippen LogP contribution is -2.45. The molecule has 0 aliphatic carbocycles. The van der Waals surface area contributed by atoms with Gasteiger partial charge in [0.25, 0.3) is 0 Å². The minimum absolute atomic E-state index is 0.0171. The van der Waals surface area contributed by atoms with E-state index in [0.717, 1.165) is 24.1 Å². The summed E-state index contributed by atoms with van der Waals surface area (Å²) in [4.78, 5) is 0. The number of hydrogen-bond donors (Lipinski definition) is 0. The lowest BCUT2D eigenvalue weighted by atomic mass is 10.0. The zero-order valence-corrected chi connectivity index (χ0v) is 22.5. The van der Waals surface area contributed by atoms with Crippen LogP contribution in [0.2, 0.25) is 18.1 Å². The molecule has 0 saturated carbocycles. The molecule has 0 bridgehead atoms. The highest BCUT2D eigenvalue weighted by atomic mass is 32.2. The molecule has 0 N–H and O–H groups in total. The second-order valence-corrected chi connectivity index (χ2v) is 16.9. The first-order valence-electron chi connectivity index (χ1n) is 11.0. The van der Waals surface area contributed by atoms with Crippen LogP contribution >= 0.6 is 9.47 Å². The van der Waals surface area contributed by atoms with Crippen LogP contribution in [0.15, 0.2) is 24.3 Å². The van der Waals surface area contributed by atoms with Crippen LogP contribution in [0.25, 0.3) is 0 Å². The van der Waals surface area contributed by atoms with Gasteiger partial charge in [0.15, 0.2) is 8.32 Å². The Morgan fingerprint density at radius 2 is 1.83 bits per heavy atom. The predicted octanol–water partition coefficient (Wildman–Crippen LogP) is 6.05. The number of nitrogens with zero attached hydrogens (tertiary/aromatic N) is 1. The summed E-state index contributed by atoms with van der Waals surface area (Å²) in [5.41, 5.74) is 1.80. The van der Waals surface area contributed by atoms with Crippen molar-refractivity contribution in [2.45, 2.75) is 90.1 Å². The molecule has 3 atom stereocenters. The van der Waals surface area contributed by atoms with Crippen molar-refractivity contribution >= 4 is 33.5 Å². The number of sulfonamides is 1. The van der Waals surface area contributed by atoms with E-state index in [1.54, 1.807) is 4.31 Å². The highest BCUT2D eigenvalue weighted by Gasteiger charge is 2.42. The van der Waals surface area contributed by atoms with Gasteiger partial charge < -0.3 is 8.95 Å². The van der Waals surface area contributed by atoms with Gasteiger partial charge in [0.2, 0.25) is 10.0 Å². The van der Waals surface area contributed by atoms with Gasteiger partial charge >= 0.3 is 0 Å². The summed E-state index contributed by atoms with van der Waals surface area (Å²) < 4.78 is 39.1. The molecule has 1 aliphatic rings. The van der Waals surface area contributed by atoms with Gasteiger partial charge in [-0.05, 0) is 48.7 Å². The summed E-state index contributed by atoms with van der Waals surface area (Å²) in [7, 11) is -2.88. The Morgan fingerprint density at radius 1 is 1.20 bits per heavy atom. The minimum Gasteiger partial charge on any atom is -0.415 e. The van der Waals surface area contributed by atoms with E-state index in [9.17, 15) is 8.42 Å². The van der Waals surface area contributed by atoms with E-state index in [4.69, 9.17) is 8.95 Å². The molecule has 1 heterocycles. The maximum absolute atomic E-state index is 12.8. The number of rotatable bonds is 10. The Balaban J connectivity index is 2.16. The molecular weight excluding hydrogens is 433 g/mol. The molecule has 172 valence electrons. The Kier molecular flexibility index (Phi) is 8.97. The van der Waals surface area contributed by atoms with Crippen LogP contribution in [0.4, 0.5) is 5.69 Å². The summed E-state index contributed by atoms with van der Waals surface area (Å²) in [6, 6.07) is 7.67. The van der Waals surface area contributed by atoms with E-state index in [1.807, 2.05) is 24.3 Å². The number of benzene rings is 1. The van der Waals surface area contributed by atoms with Gasteiger partial charge in [0.1, 0.15) is 0 Å². The maximum atomic E-state index is 12.8. The van der Waals surface area contributed by atoms with E-state index >= 15 is 0 Å². The summed E-state index contributed by atoms with van der Waals surface area (Å²) in [6.45, 7) is 13.7. The van der Waals surface area contributed by atoms with E-state index in [1.165, 1.54) is 12.8 Å². The highest BCUT2D eigenvalue weighted by Crippen LogP contribution is 2.38. The molecule has 3 unspecified atom stereocenters. The molecule has 0 aromatic heterocycles. The fraction of sp³-hybridized carbons (Fsp3) is 0.727. The van der Waals surface area contributed by atoms with Crippen molar-refractivity contribution < 1.29 is 17.4 Å². The van der Waals surface area contributed by atoms with Gasteiger partial charge in [-0.1, -0.05) is 59.1 Å². The van der Waals surface area contributed by atoms with Crippen molar-refractivity contribution in [3.05, 3.63) is 29.8 Å². The summed E-state index contributed by atoms with van der Waals surface area (Å²) in [5, 5.41) is 0.0991. The predicted molar refractivity (Wildman–Crippen MR) is 132 cm³/mol. The molecular formula is C22H40NO4PSSi. The zero-order valence-electron chi connectivity index (χ0n) is 19.5. The first-order valence-corrected chi connectivity index (χ1v) is 16.0. The van der Waals surface area contributed by atoms with E-state index < -0.39 is 18.3 Å². The lowest BCUT2D eigenvalue weighted by molar-refractivity contribution is 0.227. The quantitative estimate of drug-likeness (QED) is 0.236. The number of unbranched alkanes of at least 4 members (excludes halogenated alkanes) is 2. The van der Waals surface area contributed by atoms with Crippen molar-refractivity contribution in [2.75, 3.05) is 16.7 Å². The Labute approximate surface area is 187 Å². The van der Waals surface area contributed by atoms with E-state index in [-0.39, 0.29) is 22.9 Å². The standard InChI is InChI=1S/C22H40NO4PSSi/c1-7-8-9-10-21(27-28)18-11-13-19(14-12-18)23-20(15-16-29(23,24)25)17-26-30(5,6)22(2,3)4/h11-14,20-21H,7-10,15-17,28H2,1-6H3. The summed E-state index contributed by atoms with van der Waals surface area (Å²) in [6.07, 6.45) is 5.06. The molecule has 1 fully saturated rings. The van der Waals surface area contributed by atoms with Crippen LogP contribution in [-0.2, 0) is 19.0 Å². The second-order valence-electron chi connectivity index (χ2n) is 9.84. The summed E-state index contributed by atoms with van der Waals surface area (Å²) >= 11 is 0. The van der Waals surface area contributed by atoms with E-state index in [0.29, 0.717) is 13.0 Å². The highest BCUT2D eigenvalue weighted by molar-refractivity contribution is 7.93. The van der Waals surface area contributed by atoms with Gasteiger partial charge in [0, 0.05) is 9.47 Å². The molecule has 0 amide bonds. The van der Waals surface area contributed by atoms with Crippen LogP contribution in [0.3, 0.4) is 0 Å². The van der Waals surface area contributed by atoms with Gasteiger partial charge in [-0.25, -0.2) is 8.42 Å². The fourth-order valence-electron chi connectivity index (χ4n) is 3.50. The van der Waals surface area contributed by atoms with Crippen LogP contribution in [0, 0.1) is 0 Å². The molecule has 0 radical (unpaired) electrons. The average Bonchev–Trinajstić information content (AvgIpc) is 2.97. The zero-order chi connectivity index (χ0) is 22.6. The third-order valence-corrected chi connectivity index (χ3v) is 13.2. The lowest BCUT2D eigenvalue weighted by Gasteiger charge is -2.38. The number of hydrogen-bond acceptors (Lipinski definition) is 4. The van der Waals surface area contributed by atoms with Gasteiger partial charge in [-0.15, -0.1) is 0 Å². The Bertz CT molecular complexity index is 777. The van der Waals surface area contributed by atoms with Gasteiger partial charge in [0.05, 0.1) is 30.2 Å². The van der Waals surface area contributed by atoms with Gasteiger partial charge in [-0.2, -0.15) is 0 Å². The van der Waals surface area contributed by atoms with Crippen molar-refractivity contribution in [2.24, 2.45) is 0 Å². The smallest absolute Gasteiger partial charge is 0.235 e. The largest absolute Gasteiger partial charge is 0.415 e. The minimum atomic E-state index is -3.32. The van der Waals surface area contributed by atoms with Crippen LogP contribution in [-0.4, -0.2) is 35.1 Å². The van der Waals surface area contributed by atoms with Crippen molar-refractivity contribution in [1.29, 1.82) is 0 Å². The molecule has 1 aromatic rings. The molecule has 8 heteroatoms. The third kappa shape index (κ3) is 6.29. The Morgan fingerprint density at radius 3 is 2.37 bits per heavy atom. The molecule has 5 nitrogen and oxygen atoms in total. The average molecular weight is 474 g/mol. The molecule has 2 rings (SSSR count). The molecule has 1 saturated heterocycles. The monoisotopic (exact) mass is 473 g/mol. The van der Waals surface area contributed by atoms with Crippen molar-refractivity contribution in [3.63, 3.8) is 0 Å². The van der Waals surface area contributed by atoms with Crippen LogP contribution < -0.4 is 4.31 Å². The topological polar surface area (TPSA) is 55.8 Å². The van der Waals surface area contributed by atoms with Crippen LogP contribution in [0.1, 0.15) is 71.5 Å². The molecule has 1 aromatic carbocycles. The first-order chi connectivity index (χ1) is 13.9. The fourth-order valence-corrected chi connectivity index (χ4v) is 6.67. The van der Waals surface area contributed by atoms with Gasteiger partial charge in [-0.3, -0.25) is 4.31 Å². The number of anilines is 1. The summed E-state index contributed by atoms with van der Waals surface area (Å²) in [5.74, 6) is 0.175. The maximum Gasteiger partial charge on any atom is 0.235 e. The third-order valence-electron chi connectivity index (χ3n) is 6.54. The molecule has 0 spiro atoms.